The summed E-state index contributed by atoms with van der Waals surface area (Å²) in [6.45, 7) is 7.78. The van der Waals surface area contributed by atoms with Crippen LogP contribution in [0.4, 0.5) is 5.69 Å². The molecule has 2 rings (SSSR count). The van der Waals surface area contributed by atoms with Crippen LogP contribution in [-0.2, 0) is 0 Å². The monoisotopic (exact) mass is 263 g/mol. The van der Waals surface area contributed by atoms with Gasteiger partial charge < -0.3 is 11.1 Å². The molecule has 2 heterocycles. The van der Waals surface area contributed by atoms with E-state index in [2.05, 4.69) is 10.3 Å². The van der Waals surface area contributed by atoms with Crippen molar-refractivity contribution in [2.45, 2.75) is 33.7 Å². The molecule has 0 fully saturated rings. The summed E-state index contributed by atoms with van der Waals surface area (Å²) in [5.41, 5.74) is 8.62. The highest BCUT2D eigenvalue weighted by Gasteiger charge is 2.19. The molecule has 0 saturated carbocycles. The molecule has 0 aliphatic heterocycles. The smallest absolute Gasteiger partial charge is 0.263 e. The fourth-order valence-corrected chi connectivity index (χ4v) is 3.09. The highest BCUT2D eigenvalue weighted by Crippen LogP contribution is 2.34. The molecule has 0 radical (unpaired) electrons. The number of nitrogens with one attached hydrogen (secondary N) is 1. The Balaban J connectivity index is 2.57. The number of aromatic nitrogens is 1. The number of carbonyl (C=O) groups excluding carboxylic acids is 1. The zero-order chi connectivity index (χ0) is 13.4. The molecule has 3 N–H and O–H groups in total. The van der Waals surface area contributed by atoms with Crippen LogP contribution in [0, 0.1) is 13.8 Å². The van der Waals surface area contributed by atoms with Gasteiger partial charge in [-0.2, -0.15) is 0 Å². The zero-order valence-electron chi connectivity index (χ0n) is 11.0. The first kappa shape index (κ1) is 12.8. The molecular formula is C13H17N3OS. The maximum Gasteiger partial charge on any atom is 0.263 e. The second-order valence-corrected chi connectivity index (χ2v) is 5.73. The SMILES string of the molecule is Cc1cc(C)c2c(N)c(C(=O)NC(C)C)sc2n1. The van der Waals surface area contributed by atoms with E-state index >= 15 is 0 Å². The maximum absolute atomic E-state index is 12.0. The summed E-state index contributed by atoms with van der Waals surface area (Å²) in [6.07, 6.45) is 0. The van der Waals surface area contributed by atoms with Crippen LogP contribution in [0.5, 0.6) is 0 Å². The van der Waals surface area contributed by atoms with Crippen LogP contribution in [0.15, 0.2) is 6.07 Å². The lowest BCUT2D eigenvalue weighted by molar-refractivity contribution is 0.0948. The number of hydrogen-bond acceptors (Lipinski definition) is 4. The zero-order valence-corrected chi connectivity index (χ0v) is 11.8. The van der Waals surface area contributed by atoms with Crippen molar-refractivity contribution in [3.63, 3.8) is 0 Å². The second kappa shape index (κ2) is 4.57. The van der Waals surface area contributed by atoms with Gasteiger partial charge in [0.1, 0.15) is 9.71 Å². The topological polar surface area (TPSA) is 68.0 Å². The highest BCUT2D eigenvalue weighted by atomic mass is 32.1. The van der Waals surface area contributed by atoms with Gasteiger partial charge in [-0.25, -0.2) is 4.98 Å². The lowest BCUT2D eigenvalue weighted by Crippen LogP contribution is -2.29. The summed E-state index contributed by atoms with van der Waals surface area (Å²) >= 11 is 1.35. The van der Waals surface area contributed by atoms with Gasteiger partial charge in [0.2, 0.25) is 0 Å². The van der Waals surface area contributed by atoms with Crippen molar-refractivity contribution in [2.24, 2.45) is 0 Å². The molecule has 2 aromatic heterocycles. The number of rotatable bonds is 2. The van der Waals surface area contributed by atoms with Gasteiger partial charge in [-0.1, -0.05) is 0 Å². The number of nitrogens with two attached hydrogens (primary N) is 1. The molecule has 0 aliphatic carbocycles. The number of fused-ring (bicyclic) bond motifs is 1. The number of pyridine rings is 1. The molecule has 18 heavy (non-hydrogen) atoms. The summed E-state index contributed by atoms with van der Waals surface area (Å²) in [7, 11) is 0. The number of anilines is 1. The molecule has 0 unspecified atom stereocenters. The quantitative estimate of drug-likeness (QED) is 0.875. The molecular weight excluding hydrogens is 246 g/mol. The van der Waals surface area contributed by atoms with Gasteiger partial charge in [0.05, 0.1) is 5.69 Å². The van der Waals surface area contributed by atoms with E-state index in [1.165, 1.54) is 11.3 Å². The van der Waals surface area contributed by atoms with Gasteiger partial charge in [-0.3, -0.25) is 4.79 Å². The summed E-state index contributed by atoms with van der Waals surface area (Å²) in [5.74, 6) is -0.123. The largest absolute Gasteiger partial charge is 0.397 e. The lowest BCUT2D eigenvalue weighted by atomic mass is 10.1. The third-order valence-electron chi connectivity index (χ3n) is 2.65. The van der Waals surface area contributed by atoms with Crippen LogP contribution in [0.1, 0.15) is 34.8 Å². The first-order chi connectivity index (χ1) is 8.40. The Labute approximate surface area is 110 Å². The fraction of sp³-hybridized carbons (Fsp3) is 0.385. The maximum atomic E-state index is 12.0. The number of nitrogen functional groups attached to an aromatic ring is 1. The summed E-state index contributed by atoms with van der Waals surface area (Å²) in [6, 6.07) is 2.08. The Morgan fingerprint density at radius 3 is 2.72 bits per heavy atom. The van der Waals surface area contributed by atoms with Gasteiger partial charge >= 0.3 is 0 Å². The van der Waals surface area contributed by atoms with Crippen LogP contribution in [0.25, 0.3) is 10.2 Å². The molecule has 0 spiro atoms. The molecule has 5 heteroatoms. The summed E-state index contributed by atoms with van der Waals surface area (Å²) < 4.78 is 0. The van der Waals surface area contributed by atoms with Crippen molar-refractivity contribution in [1.29, 1.82) is 0 Å². The van der Waals surface area contributed by atoms with Crippen molar-refractivity contribution >= 4 is 33.1 Å². The minimum absolute atomic E-state index is 0.0953. The molecule has 0 saturated heterocycles. The average molecular weight is 263 g/mol. The minimum atomic E-state index is -0.123. The number of nitrogens with zero attached hydrogens (tertiary/aromatic N) is 1. The van der Waals surface area contributed by atoms with Gasteiger partial charge in [0.25, 0.3) is 5.91 Å². The van der Waals surface area contributed by atoms with E-state index in [-0.39, 0.29) is 11.9 Å². The predicted molar refractivity (Wildman–Crippen MR) is 76.1 cm³/mol. The third-order valence-corrected chi connectivity index (χ3v) is 3.75. The number of thiophene rings is 1. The van der Waals surface area contributed by atoms with Gasteiger partial charge in [-0.05, 0) is 39.3 Å². The standard InChI is InChI=1S/C13H17N3OS/c1-6(2)15-12(17)11-10(14)9-7(3)5-8(4)16-13(9)18-11/h5-6H,14H2,1-4H3,(H,15,17). The Hall–Kier alpha value is -1.62. The Morgan fingerprint density at radius 1 is 1.44 bits per heavy atom. The van der Waals surface area contributed by atoms with Crippen LogP contribution < -0.4 is 11.1 Å². The van der Waals surface area contributed by atoms with E-state index in [1.54, 1.807) is 0 Å². The Kier molecular flexibility index (Phi) is 3.26. The molecule has 1 amide bonds. The molecule has 2 aromatic rings. The van der Waals surface area contributed by atoms with Crippen molar-refractivity contribution in [3.8, 4) is 0 Å². The van der Waals surface area contributed by atoms with E-state index in [4.69, 9.17) is 5.73 Å². The van der Waals surface area contributed by atoms with Gasteiger partial charge in [-0.15, -0.1) is 11.3 Å². The van der Waals surface area contributed by atoms with Crippen molar-refractivity contribution < 1.29 is 4.79 Å². The van der Waals surface area contributed by atoms with E-state index in [9.17, 15) is 4.79 Å². The van der Waals surface area contributed by atoms with Gasteiger partial charge in [0.15, 0.2) is 0 Å². The van der Waals surface area contributed by atoms with Crippen LogP contribution in [0.3, 0.4) is 0 Å². The highest BCUT2D eigenvalue weighted by molar-refractivity contribution is 7.21. The molecule has 96 valence electrons. The number of hydrogen-bond donors (Lipinski definition) is 2. The van der Waals surface area contributed by atoms with E-state index in [1.807, 2.05) is 33.8 Å². The third kappa shape index (κ3) is 2.18. The average Bonchev–Trinajstić information content (AvgIpc) is 2.54. The first-order valence-corrected chi connectivity index (χ1v) is 6.69. The van der Waals surface area contributed by atoms with Crippen molar-refractivity contribution in [3.05, 3.63) is 22.2 Å². The van der Waals surface area contributed by atoms with Crippen LogP contribution >= 0.6 is 11.3 Å². The van der Waals surface area contributed by atoms with Gasteiger partial charge in [0, 0.05) is 17.1 Å². The first-order valence-electron chi connectivity index (χ1n) is 5.87. The van der Waals surface area contributed by atoms with Crippen LogP contribution in [-0.4, -0.2) is 16.9 Å². The normalized spacial score (nSPS) is 11.2. The number of carbonyl (C=O) groups is 1. The van der Waals surface area contributed by atoms with Crippen molar-refractivity contribution in [1.82, 2.24) is 10.3 Å². The van der Waals surface area contributed by atoms with E-state index in [0.717, 1.165) is 21.5 Å². The second-order valence-electron chi connectivity index (χ2n) is 4.73. The van der Waals surface area contributed by atoms with E-state index in [0.29, 0.717) is 10.6 Å². The Bertz CT molecular complexity index is 616. The Morgan fingerprint density at radius 2 is 2.11 bits per heavy atom. The molecule has 0 bridgehead atoms. The minimum Gasteiger partial charge on any atom is -0.397 e. The lowest BCUT2D eigenvalue weighted by Gasteiger charge is -2.06. The summed E-state index contributed by atoms with van der Waals surface area (Å²) in [4.78, 5) is 17.9. The summed E-state index contributed by atoms with van der Waals surface area (Å²) in [5, 5.41) is 3.76. The molecule has 0 aromatic carbocycles. The van der Waals surface area contributed by atoms with Crippen LogP contribution in [0.2, 0.25) is 0 Å². The number of amides is 1. The van der Waals surface area contributed by atoms with E-state index < -0.39 is 0 Å². The fourth-order valence-electron chi connectivity index (χ4n) is 1.97. The number of aryl methyl sites for hydroxylation is 2. The molecule has 0 atom stereocenters. The van der Waals surface area contributed by atoms with Crippen molar-refractivity contribution in [2.75, 3.05) is 5.73 Å². The molecule has 4 nitrogen and oxygen atoms in total. The predicted octanol–water partition coefficient (Wildman–Crippen LogP) is 2.63. The molecule has 0 aliphatic rings.